The van der Waals surface area contributed by atoms with E-state index in [4.69, 9.17) is 28.4 Å². The molecular formula is C26H32O8. The van der Waals surface area contributed by atoms with Crippen LogP contribution in [0, 0.1) is 0 Å². The lowest BCUT2D eigenvalue weighted by atomic mass is 10.1. The van der Waals surface area contributed by atoms with E-state index in [0.717, 1.165) is 11.1 Å². The van der Waals surface area contributed by atoms with Crippen molar-refractivity contribution in [1.29, 1.82) is 0 Å². The third-order valence-electron chi connectivity index (χ3n) is 5.04. The van der Waals surface area contributed by atoms with Gasteiger partial charge in [0.1, 0.15) is 12.2 Å². The van der Waals surface area contributed by atoms with Crippen molar-refractivity contribution in [2.45, 2.75) is 71.3 Å². The Hall–Kier alpha value is -2.78. The first-order chi connectivity index (χ1) is 16.2. The van der Waals surface area contributed by atoms with E-state index in [2.05, 4.69) is 0 Å². The summed E-state index contributed by atoms with van der Waals surface area (Å²) in [5.41, 5.74) is 1.97. The normalized spacial score (nSPS) is 22.4. The Labute approximate surface area is 200 Å². The summed E-state index contributed by atoms with van der Waals surface area (Å²) in [6.45, 7) is 6.64. The molecule has 0 spiro atoms. The van der Waals surface area contributed by atoms with Crippen LogP contribution in [0.1, 0.15) is 38.8 Å². The van der Waals surface area contributed by atoms with Crippen molar-refractivity contribution in [3.8, 4) is 0 Å². The first kappa shape index (κ1) is 25.8. The van der Waals surface area contributed by atoms with Crippen LogP contribution in [0.15, 0.2) is 60.7 Å². The van der Waals surface area contributed by atoms with Gasteiger partial charge in [-0.3, -0.25) is 9.59 Å². The van der Waals surface area contributed by atoms with Crippen molar-refractivity contribution in [3.05, 3.63) is 71.8 Å². The fraction of sp³-hybridized carbons (Fsp3) is 0.462. The molecule has 8 heteroatoms. The summed E-state index contributed by atoms with van der Waals surface area (Å²) >= 11 is 0. The summed E-state index contributed by atoms with van der Waals surface area (Å²) in [4.78, 5) is 23.3. The maximum absolute atomic E-state index is 11.8. The third kappa shape index (κ3) is 7.92. The maximum Gasteiger partial charge on any atom is 0.305 e. The summed E-state index contributed by atoms with van der Waals surface area (Å²) in [5, 5.41) is 0. The van der Waals surface area contributed by atoms with E-state index in [1.54, 1.807) is 13.8 Å². The minimum absolute atomic E-state index is 0.181. The van der Waals surface area contributed by atoms with Crippen molar-refractivity contribution in [2.24, 2.45) is 0 Å². The van der Waals surface area contributed by atoms with Crippen molar-refractivity contribution in [3.63, 3.8) is 0 Å². The van der Waals surface area contributed by atoms with E-state index in [1.807, 2.05) is 60.7 Å². The lowest BCUT2D eigenvalue weighted by molar-refractivity contribution is -0.268. The van der Waals surface area contributed by atoms with E-state index in [1.165, 1.54) is 13.8 Å². The standard InChI is InChI=1S/C26H32O8/c1-18(27)31-25-24(34-26(3,4)33-19(2)28)23(30-16-21-13-9-6-10-14-21)22(32-25)17-29-15-20-11-7-5-8-12-20/h5-14,22-25H,15-17H2,1-4H3/t22-,23+,24-,25+/m1/s1. The van der Waals surface area contributed by atoms with Gasteiger partial charge in [0.05, 0.1) is 19.8 Å². The fourth-order valence-corrected chi connectivity index (χ4v) is 3.74. The molecule has 2 aromatic rings. The molecule has 1 heterocycles. The Morgan fingerprint density at radius 3 is 2.00 bits per heavy atom. The molecule has 3 rings (SSSR count). The molecule has 1 saturated heterocycles. The van der Waals surface area contributed by atoms with Gasteiger partial charge in [-0.2, -0.15) is 0 Å². The van der Waals surface area contributed by atoms with Crippen LogP contribution in [0.5, 0.6) is 0 Å². The van der Waals surface area contributed by atoms with Gasteiger partial charge >= 0.3 is 11.9 Å². The van der Waals surface area contributed by atoms with Gasteiger partial charge < -0.3 is 28.4 Å². The Morgan fingerprint density at radius 1 is 0.853 bits per heavy atom. The molecule has 8 nitrogen and oxygen atoms in total. The highest BCUT2D eigenvalue weighted by molar-refractivity contribution is 5.66. The molecular weight excluding hydrogens is 440 g/mol. The molecule has 0 radical (unpaired) electrons. The van der Waals surface area contributed by atoms with Gasteiger partial charge in [0.25, 0.3) is 0 Å². The number of esters is 2. The summed E-state index contributed by atoms with van der Waals surface area (Å²) in [5.74, 6) is -2.33. The van der Waals surface area contributed by atoms with Crippen molar-refractivity contribution in [1.82, 2.24) is 0 Å². The minimum Gasteiger partial charge on any atom is -0.434 e. The van der Waals surface area contributed by atoms with E-state index in [9.17, 15) is 9.59 Å². The molecule has 0 aliphatic carbocycles. The first-order valence-corrected chi connectivity index (χ1v) is 11.2. The summed E-state index contributed by atoms with van der Waals surface area (Å²) < 4.78 is 34.9. The number of hydrogen-bond acceptors (Lipinski definition) is 8. The smallest absolute Gasteiger partial charge is 0.305 e. The van der Waals surface area contributed by atoms with Gasteiger partial charge in [-0.05, 0) is 11.1 Å². The number of ether oxygens (including phenoxy) is 6. The highest BCUT2D eigenvalue weighted by atomic mass is 16.8. The molecule has 0 N–H and O–H groups in total. The van der Waals surface area contributed by atoms with Gasteiger partial charge in [0, 0.05) is 27.7 Å². The Bertz CT molecular complexity index is 915. The second-order valence-corrected chi connectivity index (χ2v) is 8.49. The lowest BCUT2D eigenvalue weighted by Crippen LogP contribution is -2.46. The van der Waals surface area contributed by atoms with Crippen LogP contribution in [0.25, 0.3) is 0 Å². The molecule has 1 aliphatic rings. The highest BCUT2D eigenvalue weighted by Gasteiger charge is 2.51. The van der Waals surface area contributed by atoms with Gasteiger partial charge in [0.15, 0.2) is 6.10 Å². The third-order valence-corrected chi connectivity index (χ3v) is 5.04. The monoisotopic (exact) mass is 472 g/mol. The quantitative estimate of drug-likeness (QED) is 0.361. The Balaban J connectivity index is 1.77. The minimum atomic E-state index is -1.30. The van der Waals surface area contributed by atoms with Crippen LogP contribution < -0.4 is 0 Å². The largest absolute Gasteiger partial charge is 0.434 e. The predicted octanol–water partition coefficient (Wildman–Crippen LogP) is 3.76. The van der Waals surface area contributed by atoms with Crippen LogP contribution in [-0.2, 0) is 51.2 Å². The van der Waals surface area contributed by atoms with Crippen LogP contribution >= 0.6 is 0 Å². The zero-order valence-corrected chi connectivity index (χ0v) is 20.0. The molecule has 0 unspecified atom stereocenters. The van der Waals surface area contributed by atoms with Crippen LogP contribution in [0.2, 0.25) is 0 Å². The molecule has 34 heavy (non-hydrogen) atoms. The van der Waals surface area contributed by atoms with Crippen LogP contribution in [0.4, 0.5) is 0 Å². The van der Waals surface area contributed by atoms with E-state index >= 15 is 0 Å². The first-order valence-electron chi connectivity index (χ1n) is 11.2. The van der Waals surface area contributed by atoms with E-state index < -0.39 is 42.3 Å². The average Bonchev–Trinajstić information content (AvgIpc) is 3.07. The molecule has 0 saturated carbocycles. The molecule has 0 amide bonds. The van der Waals surface area contributed by atoms with Crippen LogP contribution in [-0.4, -0.2) is 48.9 Å². The van der Waals surface area contributed by atoms with Gasteiger partial charge in [0.2, 0.25) is 12.1 Å². The second-order valence-electron chi connectivity index (χ2n) is 8.49. The van der Waals surface area contributed by atoms with Gasteiger partial charge in [-0.15, -0.1) is 0 Å². The van der Waals surface area contributed by atoms with Gasteiger partial charge in [-0.25, -0.2) is 0 Å². The predicted molar refractivity (Wildman–Crippen MR) is 122 cm³/mol. The molecule has 2 aromatic carbocycles. The summed E-state index contributed by atoms with van der Waals surface area (Å²) in [6.07, 6.45) is -3.16. The van der Waals surface area contributed by atoms with E-state index in [-0.39, 0.29) is 13.2 Å². The molecule has 4 atom stereocenters. The zero-order chi connectivity index (χ0) is 24.6. The molecule has 184 valence electrons. The number of carbonyl (C=O) groups is 2. The maximum atomic E-state index is 11.8. The SMILES string of the molecule is CC(=O)O[C@H]1O[C@H](COCc2ccccc2)[C@H](OCc2ccccc2)[C@H]1OC(C)(C)OC(C)=O. The number of rotatable bonds is 11. The summed E-state index contributed by atoms with van der Waals surface area (Å²) in [7, 11) is 0. The molecule has 1 aliphatic heterocycles. The molecule has 0 bridgehead atoms. The topological polar surface area (TPSA) is 89.5 Å². The Morgan fingerprint density at radius 2 is 1.44 bits per heavy atom. The van der Waals surface area contributed by atoms with Crippen molar-refractivity contribution < 1.29 is 38.0 Å². The van der Waals surface area contributed by atoms with Crippen LogP contribution in [0.3, 0.4) is 0 Å². The van der Waals surface area contributed by atoms with Crippen molar-refractivity contribution in [2.75, 3.05) is 6.61 Å². The molecule has 1 fully saturated rings. The number of benzene rings is 2. The summed E-state index contributed by atoms with van der Waals surface area (Å²) in [6, 6.07) is 19.4. The number of carbonyl (C=O) groups excluding carboxylic acids is 2. The number of hydrogen-bond donors (Lipinski definition) is 0. The zero-order valence-electron chi connectivity index (χ0n) is 20.0. The second kappa shape index (κ2) is 12.1. The van der Waals surface area contributed by atoms with Crippen molar-refractivity contribution >= 4 is 11.9 Å². The lowest BCUT2D eigenvalue weighted by Gasteiger charge is -2.32. The fourth-order valence-electron chi connectivity index (χ4n) is 3.74. The molecule has 0 aromatic heterocycles. The van der Waals surface area contributed by atoms with Gasteiger partial charge in [-0.1, -0.05) is 60.7 Å². The Kier molecular flexibility index (Phi) is 9.18. The highest BCUT2D eigenvalue weighted by Crippen LogP contribution is 2.32. The van der Waals surface area contributed by atoms with E-state index in [0.29, 0.717) is 6.61 Å². The average molecular weight is 473 g/mol.